The van der Waals surface area contributed by atoms with Gasteiger partial charge in [-0.1, -0.05) is 6.07 Å². The largest absolute Gasteiger partial charge is 0.495 e. The lowest BCUT2D eigenvalue weighted by Crippen LogP contribution is -2.35. The molecule has 0 radical (unpaired) electrons. The normalized spacial score (nSPS) is 18.9. The first-order chi connectivity index (χ1) is 13.6. The number of ether oxygens (including phenoxy) is 1. The van der Waals surface area contributed by atoms with E-state index < -0.39 is 0 Å². The molecule has 0 bridgehead atoms. The molecule has 1 heterocycles. The summed E-state index contributed by atoms with van der Waals surface area (Å²) in [6, 6.07) is 9.50. The summed E-state index contributed by atoms with van der Waals surface area (Å²) in [4.78, 5) is 29.1. The Balaban J connectivity index is 1.48. The maximum absolute atomic E-state index is 12.7. The second-order valence-electron chi connectivity index (χ2n) is 7.31. The van der Waals surface area contributed by atoms with Crippen molar-refractivity contribution in [2.24, 2.45) is 11.8 Å². The molecular formula is C22H27N3O3. The van der Waals surface area contributed by atoms with Gasteiger partial charge in [-0.3, -0.25) is 14.6 Å². The fourth-order valence-corrected chi connectivity index (χ4v) is 3.61. The van der Waals surface area contributed by atoms with Gasteiger partial charge in [0.25, 0.3) is 0 Å². The lowest BCUT2D eigenvalue weighted by molar-refractivity contribution is -0.128. The molecule has 2 amide bonds. The number of nitrogens with zero attached hydrogens (tertiary/aromatic N) is 1. The molecule has 1 aromatic heterocycles. The van der Waals surface area contributed by atoms with Crippen LogP contribution < -0.4 is 15.4 Å². The average Bonchev–Trinajstić information content (AvgIpc) is 2.73. The van der Waals surface area contributed by atoms with Crippen LogP contribution in [0, 0.1) is 18.8 Å². The predicted molar refractivity (Wildman–Crippen MR) is 108 cm³/mol. The number of carbonyl (C=O) groups is 2. The first kappa shape index (κ1) is 19.9. The van der Waals surface area contributed by atoms with Crippen LogP contribution in [0.1, 0.15) is 36.8 Å². The summed E-state index contributed by atoms with van der Waals surface area (Å²) >= 11 is 0. The Kier molecular flexibility index (Phi) is 6.63. The van der Waals surface area contributed by atoms with E-state index in [0.717, 1.165) is 24.0 Å². The van der Waals surface area contributed by atoms with Gasteiger partial charge in [0.05, 0.1) is 12.8 Å². The van der Waals surface area contributed by atoms with Crippen LogP contribution in [0.3, 0.4) is 0 Å². The molecule has 1 aromatic carbocycles. The smallest absolute Gasteiger partial charge is 0.227 e. The van der Waals surface area contributed by atoms with E-state index in [4.69, 9.17) is 4.74 Å². The van der Waals surface area contributed by atoms with E-state index >= 15 is 0 Å². The Morgan fingerprint density at radius 1 is 1.04 bits per heavy atom. The van der Waals surface area contributed by atoms with E-state index in [0.29, 0.717) is 30.8 Å². The predicted octanol–water partition coefficient (Wildman–Crippen LogP) is 3.46. The molecule has 0 unspecified atom stereocenters. The van der Waals surface area contributed by atoms with Crippen molar-refractivity contribution in [1.29, 1.82) is 0 Å². The zero-order chi connectivity index (χ0) is 19.9. The number of aryl methyl sites for hydroxylation is 1. The van der Waals surface area contributed by atoms with Crippen LogP contribution in [0.15, 0.2) is 42.7 Å². The Morgan fingerprint density at radius 3 is 2.32 bits per heavy atom. The lowest BCUT2D eigenvalue weighted by Gasteiger charge is -2.27. The van der Waals surface area contributed by atoms with Crippen molar-refractivity contribution in [3.05, 3.63) is 53.9 Å². The van der Waals surface area contributed by atoms with E-state index in [1.165, 1.54) is 0 Å². The number of hydrogen-bond acceptors (Lipinski definition) is 4. The molecule has 1 saturated carbocycles. The van der Waals surface area contributed by atoms with Gasteiger partial charge in [0.1, 0.15) is 5.75 Å². The molecule has 0 saturated heterocycles. The van der Waals surface area contributed by atoms with Gasteiger partial charge in [-0.25, -0.2) is 0 Å². The molecule has 0 atom stereocenters. The number of methoxy groups -OCH3 is 1. The standard InChI is InChI=1S/C22H27N3O3/c1-15-3-8-20(28-2)19(13-15)25-22(27)18-6-4-17(5-7-18)21(26)24-14-16-9-11-23-12-10-16/h3,8-13,17-18H,4-7,14H2,1-2H3,(H,24,26)(H,25,27). The third-order valence-electron chi connectivity index (χ3n) is 5.30. The molecule has 2 N–H and O–H groups in total. The van der Waals surface area contributed by atoms with Crippen LogP contribution in [-0.4, -0.2) is 23.9 Å². The monoisotopic (exact) mass is 381 g/mol. The van der Waals surface area contributed by atoms with Crippen molar-refractivity contribution in [2.75, 3.05) is 12.4 Å². The number of hydrogen-bond donors (Lipinski definition) is 2. The molecule has 6 nitrogen and oxygen atoms in total. The second kappa shape index (κ2) is 9.35. The minimum atomic E-state index is -0.0746. The van der Waals surface area contributed by atoms with Crippen molar-refractivity contribution >= 4 is 17.5 Å². The number of amides is 2. The highest BCUT2D eigenvalue weighted by atomic mass is 16.5. The highest BCUT2D eigenvalue weighted by Crippen LogP contribution is 2.31. The third kappa shape index (κ3) is 5.09. The fourth-order valence-electron chi connectivity index (χ4n) is 3.61. The fraction of sp³-hybridized carbons (Fsp3) is 0.409. The third-order valence-corrected chi connectivity index (χ3v) is 5.30. The van der Waals surface area contributed by atoms with Crippen LogP contribution in [-0.2, 0) is 16.1 Å². The molecule has 2 aromatic rings. The van der Waals surface area contributed by atoms with Crippen LogP contribution >= 0.6 is 0 Å². The lowest BCUT2D eigenvalue weighted by atomic mass is 9.81. The van der Waals surface area contributed by atoms with Crippen molar-refractivity contribution in [3.8, 4) is 5.75 Å². The molecule has 1 fully saturated rings. The Morgan fingerprint density at radius 2 is 1.68 bits per heavy atom. The molecule has 1 aliphatic rings. The molecule has 6 heteroatoms. The van der Waals surface area contributed by atoms with Crippen molar-refractivity contribution in [1.82, 2.24) is 10.3 Å². The first-order valence-corrected chi connectivity index (χ1v) is 9.69. The average molecular weight is 381 g/mol. The Hall–Kier alpha value is -2.89. The van der Waals surface area contributed by atoms with Crippen LogP contribution in [0.4, 0.5) is 5.69 Å². The summed E-state index contributed by atoms with van der Waals surface area (Å²) in [6.07, 6.45) is 6.32. The summed E-state index contributed by atoms with van der Waals surface area (Å²) < 4.78 is 5.33. The van der Waals surface area contributed by atoms with Crippen LogP contribution in [0.25, 0.3) is 0 Å². The summed E-state index contributed by atoms with van der Waals surface area (Å²) in [7, 11) is 1.59. The van der Waals surface area contributed by atoms with Gasteiger partial charge in [-0.2, -0.15) is 0 Å². The zero-order valence-corrected chi connectivity index (χ0v) is 16.4. The van der Waals surface area contributed by atoms with Gasteiger partial charge in [0.15, 0.2) is 0 Å². The Labute approximate surface area is 165 Å². The number of anilines is 1. The molecule has 3 rings (SSSR count). The summed E-state index contributed by atoms with van der Waals surface area (Å²) in [5, 5.41) is 5.98. The van der Waals surface area contributed by atoms with Crippen molar-refractivity contribution in [2.45, 2.75) is 39.2 Å². The highest BCUT2D eigenvalue weighted by molar-refractivity contribution is 5.94. The number of rotatable bonds is 6. The summed E-state index contributed by atoms with van der Waals surface area (Å²) in [5.74, 6) is 0.618. The van der Waals surface area contributed by atoms with Gasteiger partial charge in [-0.15, -0.1) is 0 Å². The van der Waals surface area contributed by atoms with Gasteiger partial charge in [0, 0.05) is 30.8 Å². The zero-order valence-electron chi connectivity index (χ0n) is 16.4. The van der Waals surface area contributed by atoms with E-state index in [1.807, 2.05) is 37.3 Å². The molecule has 148 valence electrons. The number of carbonyl (C=O) groups excluding carboxylic acids is 2. The molecular weight excluding hydrogens is 354 g/mol. The Bertz CT molecular complexity index is 815. The van der Waals surface area contributed by atoms with E-state index in [9.17, 15) is 9.59 Å². The number of benzene rings is 1. The minimum Gasteiger partial charge on any atom is -0.495 e. The second-order valence-corrected chi connectivity index (χ2v) is 7.31. The number of aromatic nitrogens is 1. The van der Waals surface area contributed by atoms with Crippen molar-refractivity contribution < 1.29 is 14.3 Å². The first-order valence-electron chi connectivity index (χ1n) is 9.69. The van der Waals surface area contributed by atoms with Gasteiger partial charge >= 0.3 is 0 Å². The summed E-state index contributed by atoms with van der Waals surface area (Å²) in [6.45, 7) is 2.49. The van der Waals surface area contributed by atoms with E-state index in [1.54, 1.807) is 19.5 Å². The molecule has 28 heavy (non-hydrogen) atoms. The number of nitrogens with one attached hydrogen (secondary N) is 2. The summed E-state index contributed by atoms with van der Waals surface area (Å²) in [5.41, 5.74) is 2.79. The SMILES string of the molecule is COc1ccc(C)cc1NC(=O)C1CCC(C(=O)NCc2ccncc2)CC1. The molecule has 1 aliphatic carbocycles. The molecule has 0 aliphatic heterocycles. The van der Waals surface area contributed by atoms with Crippen LogP contribution in [0.2, 0.25) is 0 Å². The maximum Gasteiger partial charge on any atom is 0.227 e. The highest BCUT2D eigenvalue weighted by Gasteiger charge is 2.30. The molecule has 0 spiro atoms. The van der Waals surface area contributed by atoms with Gasteiger partial charge in [0.2, 0.25) is 11.8 Å². The van der Waals surface area contributed by atoms with Crippen LogP contribution in [0.5, 0.6) is 5.75 Å². The van der Waals surface area contributed by atoms with E-state index in [-0.39, 0.29) is 23.7 Å². The van der Waals surface area contributed by atoms with Gasteiger partial charge < -0.3 is 15.4 Å². The van der Waals surface area contributed by atoms with E-state index in [2.05, 4.69) is 15.6 Å². The van der Waals surface area contributed by atoms with Gasteiger partial charge in [-0.05, 0) is 68.0 Å². The topological polar surface area (TPSA) is 80.3 Å². The quantitative estimate of drug-likeness (QED) is 0.803. The maximum atomic E-state index is 12.7. The van der Waals surface area contributed by atoms with Crippen molar-refractivity contribution in [3.63, 3.8) is 0 Å². The number of pyridine rings is 1. The minimum absolute atomic E-state index is 0.000422.